The zero-order valence-corrected chi connectivity index (χ0v) is 20.1. The van der Waals surface area contributed by atoms with Crippen molar-refractivity contribution in [2.75, 3.05) is 13.7 Å². The fourth-order valence-corrected chi connectivity index (χ4v) is 3.68. The van der Waals surface area contributed by atoms with Gasteiger partial charge in [0.25, 0.3) is 0 Å². The molecule has 0 saturated carbocycles. The Bertz CT molecular complexity index is 964. The minimum atomic E-state index is -0.958. The second-order valence-electron chi connectivity index (χ2n) is 8.28. The highest BCUT2D eigenvalue weighted by molar-refractivity contribution is 5.69. The van der Waals surface area contributed by atoms with Crippen LogP contribution in [0.3, 0.4) is 0 Å². The number of aliphatic hydroxyl groups excluding tert-OH is 1. The smallest absolute Gasteiger partial charge is 0.305 e. The normalized spacial score (nSPS) is 13.7. The third kappa shape index (κ3) is 9.62. The van der Waals surface area contributed by atoms with Crippen molar-refractivity contribution in [3.05, 3.63) is 108 Å². The van der Waals surface area contributed by atoms with Crippen LogP contribution >= 0.6 is 0 Å². The summed E-state index contributed by atoms with van der Waals surface area (Å²) >= 11 is 0. The van der Waals surface area contributed by atoms with Crippen LogP contribution < -0.4 is 0 Å². The van der Waals surface area contributed by atoms with Crippen molar-refractivity contribution in [3.63, 3.8) is 0 Å². The molecule has 0 saturated heterocycles. The molecule has 6 nitrogen and oxygen atoms in total. The largest absolute Gasteiger partial charge is 0.469 e. The van der Waals surface area contributed by atoms with E-state index in [1.807, 2.05) is 91.0 Å². The summed E-state index contributed by atoms with van der Waals surface area (Å²) in [5.41, 5.74) is 2.99. The van der Waals surface area contributed by atoms with Crippen LogP contribution in [0.1, 0.15) is 29.5 Å². The van der Waals surface area contributed by atoms with Gasteiger partial charge in [-0.15, -0.1) is 0 Å². The molecule has 0 aromatic heterocycles. The van der Waals surface area contributed by atoms with Crippen LogP contribution in [0.5, 0.6) is 0 Å². The van der Waals surface area contributed by atoms with Crippen LogP contribution in [0.4, 0.5) is 0 Å². The van der Waals surface area contributed by atoms with Gasteiger partial charge in [-0.05, 0) is 23.1 Å². The van der Waals surface area contributed by atoms with Gasteiger partial charge in [-0.2, -0.15) is 0 Å². The minimum Gasteiger partial charge on any atom is -0.469 e. The monoisotopic (exact) mass is 478 g/mol. The molecule has 0 heterocycles. The first-order chi connectivity index (χ1) is 17.2. The van der Waals surface area contributed by atoms with Crippen LogP contribution in [0.15, 0.2) is 91.0 Å². The topological polar surface area (TPSA) is 74.2 Å². The lowest BCUT2D eigenvalue weighted by molar-refractivity contribution is -0.155. The molecule has 0 bridgehead atoms. The Kier molecular flexibility index (Phi) is 11.4. The van der Waals surface area contributed by atoms with E-state index in [9.17, 15) is 9.90 Å². The summed E-state index contributed by atoms with van der Waals surface area (Å²) in [7, 11) is 1.36. The van der Waals surface area contributed by atoms with Crippen molar-refractivity contribution in [2.24, 2.45) is 0 Å². The molecule has 1 N–H and O–H groups in total. The molecule has 0 aliphatic heterocycles. The van der Waals surface area contributed by atoms with Crippen molar-refractivity contribution in [3.8, 4) is 0 Å². The molecule has 6 heteroatoms. The lowest BCUT2D eigenvalue weighted by Crippen LogP contribution is -2.44. The molecular weight excluding hydrogens is 444 g/mol. The highest BCUT2D eigenvalue weighted by Gasteiger charge is 2.31. The number of hydrogen-bond acceptors (Lipinski definition) is 6. The summed E-state index contributed by atoms with van der Waals surface area (Å²) in [6.45, 7) is 1.07. The molecule has 0 radical (unpaired) electrons. The predicted molar refractivity (Wildman–Crippen MR) is 133 cm³/mol. The van der Waals surface area contributed by atoms with Gasteiger partial charge in [0.1, 0.15) is 12.2 Å². The summed E-state index contributed by atoms with van der Waals surface area (Å²) in [5.74, 6) is -0.338. The van der Waals surface area contributed by atoms with E-state index in [0.29, 0.717) is 26.2 Å². The first kappa shape index (κ1) is 26.6. The van der Waals surface area contributed by atoms with Crippen LogP contribution in [0, 0.1) is 0 Å². The lowest BCUT2D eigenvalue weighted by atomic mass is 10.0. The molecule has 0 unspecified atom stereocenters. The van der Waals surface area contributed by atoms with Gasteiger partial charge in [0.2, 0.25) is 0 Å². The number of esters is 1. The van der Waals surface area contributed by atoms with E-state index >= 15 is 0 Å². The van der Waals surface area contributed by atoms with Gasteiger partial charge < -0.3 is 24.1 Å². The first-order valence-electron chi connectivity index (χ1n) is 11.8. The molecule has 0 fully saturated rings. The second kappa shape index (κ2) is 15.1. The van der Waals surface area contributed by atoms with Crippen LogP contribution in [0.2, 0.25) is 0 Å². The zero-order valence-electron chi connectivity index (χ0n) is 20.1. The summed E-state index contributed by atoms with van der Waals surface area (Å²) in [4.78, 5) is 11.9. The molecule has 0 spiro atoms. The average Bonchev–Trinajstić information content (AvgIpc) is 2.91. The fraction of sp³-hybridized carbons (Fsp3) is 0.345. The quantitative estimate of drug-likeness (QED) is 0.320. The molecule has 186 valence electrons. The molecule has 3 aromatic carbocycles. The molecule has 3 rings (SSSR count). The Morgan fingerprint density at radius 3 is 1.74 bits per heavy atom. The summed E-state index contributed by atoms with van der Waals surface area (Å²) < 4.78 is 23.0. The summed E-state index contributed by atoms with van der Waals surface area (Å²) in [5, 5.41) is 11.1. The van der Waals surface area contributed by atoms with Gasteiger partial charge in [-0.25, -0.2) is 0 Å². The Morgan fingerprint density at radius 2 is 1.23 bits per heavy atom. The maximum absolute atomic E-state index is 11.9. The Labute approximate surface area is 207 Å². The number of benzene rings is 3. The number of carbonyl (C=O) groups excluding carboxylic acids is 1. The van der Waals surface area contributed by atoms with E-state index in [0.717, 1.165) is 16.7 Å². The number of ether oxygens (including phenoxy) is 4. The summed E-state index contributed by atoms with van der Waals surface area (Å²) in [6, 6.07) is 29.3. The van der Waals surface area contributed by atoms with E-state index in [-0.39, 0.29) is 19.0 Å². The van der Waals surface area contributed by atoms with E-state index in [1.54, 1.807) is 0 Å². The van der Waals surface area contributed by atoms with Crippen LogP contribution in [-0.2, 0) is 43.6 Å². The van der Waals surface area contributed by atoms with Crippen LogP contribution in [0.25, 0.3) is 0 Å². The minimum absolute atomic E-state index is 0.0672. The van der Waals surface area contributed by atoms with Gasteiger partial charge in [-0.3, -0.25) is 4.79 Å². The molecule has 3 atom stereocenters. The molecular formula is C29H34O6. The molecule has 0 aliphatic rings. The third-order valence-corrected chi connectivity index (χ3v) is 5.60. The van der Waals surface area contributed by atoms with E-state index < -0.39 is 18.3 Å². The molecule has 0 aliphatic carbocycles. The standard InChI is InChI=1S/C29H34O6/c1-32-28(31)18-17-27(34-20-24-13-7-3-8-14-24)29(35-21-25-15-9-4-10-16-25)26(30)22-33-19-23-11-5-2-6-12-23/h2-16,26-27,29-30H,17-22H2,1H3/t26-,27+,29-/m1/s1. The summed E-state index contributed by atoms with van der Waals surface area (Å²) in [6.07, 6.45) is -1.72. The van der Waals surface area contributed by atoms with Crippen molar-refractivity contribution >= 4 is 5.97 Å². The lowest BCUT2D eigenvalue weighted by Gasteiger charge is -2.31. The Balaban J connectivity index is 1.70. The molecule has 35 heavy (non-hydrogen) atoms. The van der Waals surface area contributed by atoms with Gasteiger partial charge in [0.15, 0.2) is 0 Å². The number of rotatable bonds is 15. The Hall–Kier alpha value is -3.03. The number of hydrogen-bond donors (Lipinski definition) is 1. The van der Waals surface area contributed by atoms with E-state index in [1.165, 1.54) is 7.11 Å². The molecule has 3 aromatic rings. The van der Waals surface area contributed by atoms with Gasteiger partial charge in [0.05, 0.1) is 39.6 Å². The maximum Gasteiger partial charge on any atom is 0.305 e. The Morgan fingerprint density at radius 1 is 0.743 bits per heavy atom. The van der Waals surface area contributed by atoms with E-state index in [4.69, 9.17) is 18.9 Å². The predicted octanol–water partition coefficient (Wildman–Crippen LogP) is 4.69. The van der Waals surface area contributed by atoms with Crippen molar-refractivity contribution < 1.29 is 28.8 Å². The molecule has 0 amide bonds. The van der Waals surface area contributed by atoms with Crippen LogP contribution in [-0.4, -0.2) is 43.1 Å². The first-order valence-corrected chi connectivity index (χ1v) is 11.8. The number of carbonyl (C=O) groups is 1. The zero-order chi connectivity index (χ0) is 24.7. The fourth-order valence-electron chi connectivity index (χ4n) is 3.68. The van der Waals surface area contributed by atoms with Crippen molar-refractivity contribution in [2.45, 2.75) is 51.0 Å². The van der Waals surface area contributed by atoms with Gasteiger partial charge in [-0.1, -0.05) is 91.0 Å². The third-order valence-electron chi connectivity index (χ3n) is 5.60. The van der Waals surface area contributed by atoms with E-state index in [2.05, 4.69) is 0 Å². The SMILES string of the molecule is COC(=O)CC[C@H](OCc1ccccc1)[C@H](OCc1ccccc1)[C@H](O)COCc1ccccc1. The van der Waals surface area contributed by atoms with Gasteiger partial charge >= 0.3 is 5.97 Å². The van der Waals surface area contributed by atoms with Gasteiger partial charge in [0, 0.05) is 6.42 Å². The highest BCUT2D eigenvalue weighted by Crippen LogP contribution is 2.20. The maximum atomic E-state index is 11.9. The number of methoxy groups -OCH3 is 1. The average molecular weight is 479 g/mol. The second-order valence-corrected chi connectivity index (χ2v) is 8.28. The van der Waals surface area contributed by atoms with Crippen molar-refractivity contribution in [1.82, 2.24) is 0 Å². The van der Waals surface area contributed by atoms with Crippen molar-refractivity contribution in [1.29, 1.82) is 0 Å². The highest BCUT2D eigenvalue weighted by atomic mass is 16.6. The number of aliphatic hydroxyl groups is 1.